The molecule has 0 unspecified atom stereocenters. The second-order valence-electron chi connectivity index (χ2n) is 9.98. The van der Waals surface area contributed by atoms with Crippen molar-refractivity contribution in [3.05, 3.63) is 42.5 Å². The number of amides is 1. The maximum atomic E-state index is 13.7. The Hall–Kier alpha value is -2.62. The fourth-order valence-electron chi connectivity index (χ4n) is 4.75. The van der Waals surface area contributed by atoms with Crippen molar-refractivity contribution in [1.29, 1.82) is 0 Å². The van der Waals surface area contributed by atoms with E-state index in [0.717, 1.165) is 30.4 Å². The number of aliphatic hydroxyl groups excluding tert-OH is 1. The number of hydrogen-bond donors (Lipinski definition) is 1. The molecule has 9 heteroatoms. The molecular formula is C27H36N2O6S. The van der Waals surface area contributed by atoms with E-state index in [9.17, 15) is 18.3 Å². The van der Waals surface area contributed by atoms with Crippen LogP contribution in [0, 0.1) is 11.8 Å². The van der Waals surface area contributed by atoms with Gasteiger partial charge in [0.25, 0.3) is 0 Å². The van der Waals surface area contributed by atoms with Gasteiger partial charge in [-0.05, 0) is 55.2 Å². The van der Waals surface area contributed by atoms with Crippen LogP contribution in [0.3, 0.4) is 0 Å². The topological polar surface area (TPSA) is 96.4 Å². The van der Waals surface area contributed by atoms with Crippen LogP contribution in [-0.4, -0.2) is 74.6 Å². The number of carbonyl (C=O) groups is 1. The third-order valence-corrected chi connectivity index (χ3v) is 9.37. The second-order valence-corrected chi connectivity index (χ2v) is 11.8. The van der Waals surface area contributed by atoms with E-state index >= 15 is 0 Å². The van der Waals surface area contributed by atoms with Crippen LogP contribution in [-0.2, 0) is 14.8 Å². The molecule has 2 aromatic carbocycles. The van der Waals surface area contributed by atoms with E-state index in [2.05, 4.69) is 0 Å². The Morgan fingerprint density at radius 2 is 1.94 bits per heavy atom. The number of carbonyl (C=O) groups excluding carboxylic acids is 1. The van der Waals surface area contributed by atoms with Gasteiger partial charge in [-0.15, -0.1) is 0 Å². The highest BCUT2D eigenvalue weighted by atomic mass is 32.2. The van der Waals surface area contributed by atoms with E-state index < -0.39 is 22.2 Å². The third-order valence-electron chi connectivity index (χ3n) is 7.35. The van der Waals surface area contributed by atoms with Gasteiger partial charge >= 0.3 is 0 Å². The summed E-state index contributed by atoms with van der Waals surface area (Å²) in [5.41, 5.74) is 1.65. The number of methoxy groups -OCH3 is 1. The lowest BCUT2D eigenvalue weighted by Gasteiger charge is -2.38. The highest BCUT2D eigenvalue weighted by molar-refractivity contribution is 7.89. The lowest BCUT2D eigenvalue weighted by atomic mass is 9.84. The van der Waals surface area contributed by atoms with E-state index in [1.165, 1.54) is 4.31 Å². The molecule has 1 amide bonds. The number of sulfonamides is 1. The zero-order chi connectivity index (χ0) is 26.0. The number of fused-ring (bicyclic) bond motifs is 1. The minimum Gasteiger partial charge on any atom is -0.497 e. The Balaban J connectivity index is 1.75. The van der Waals surface area contributed by atoms with Crippen molar-refractivity contribution in [2.75, 3.05) is 33.9 Å². The van der Waals surface area contributed by atoms with Gasteiger partial charge in [0, 0.05) is 31.5 Å². The van der Waals surface area contributed by atoms with Crippen molar-refractivity contribution in [3.8, 4) is 22.6 Å². The van der Waals surface area contributed by atoms with Crippen molar-refractivity contribution >= 4 is 15.9 Å². The molecule has 36 heavy (non-hydrogen) atoms. The largest absolute Gasteiger partial charge is 0.497 e. The van der Waals surface area contributed by atoms with Gasteiger partial charge in [0.05, 0.1) is 20.3 Å². The fraction of sp³-hybridized carbons (Fsp3) is 0.519. The van der Waals surface area contributed by atoms with Gasteiger partial charge in [-0.1, -0.05) is 31.5 Å². The molecule has 1 N–H and O–H groups in total. The van der Waals surface area contributed by atoms with Crippen molar-refractivity contribution in [1.82, 2.24) is 9.21 Å². The molecule has 3 atom stereocenters. The van der Waals surface area contributed by atoms with Gasteiger partial charge in [0.15, 0.2) is 0 Å². The summed E-state index contributed by atoms with van der Waals surface area (Å²) >= 11 is 0. The minimum atomic E-state index is -3.93. The second kappa shape index (κ2) is 10.8. The summed E-state index contributed by atoms with van der Waals surface area (Å²) in [4.78, 5) is 14.6. The molecule has 0 spiro atoms. The van der Waals surface area contributed by atoms with Gasteiger partial charge in [-0.2, -0.15) is 4.31 Å². The summed E-state index contributed by atoms with van der Waals surface area (Å²) in [6.45, 7) is 3.85. The van der Waals surface area contributed by atoms with Crippen LogP contribution in [0.15, 0.2) is 47.4 Å². The van der Waals surface area contributed by atoms with Crippen molar-refractivity contribution < 1.29 is 27.8 Å². The standard InChI is InChI=1S/C27H36N2O6S/c1-18-15-29(19(2)17-30)36(32,33)26-12-11-22(21-9-6-10-23(13-21)34-4)14-24(26)35-25(18)16-28(3)27(31)20-7-5-8-20/h6,9-14,18-20,25,30H,5,7-8,15-17H2,1-4H3/t18-,19-,25-/m0/s1. The molecule has 1 heterocycles. The lowest BCUT2D eigenvalue weighted by molar-refractivity contribution is -0.138. The Morgan fingerprint density at radius 1 is 1.22 bits per heavy atom. The van der Waals surface area contributed by atoms with Gasteiger partial charge < -0.3 is 19.5 Å². The average molecular weight is 517 g/mol. The Kier molecular flexibility index (Phi) is 7.92. The number of hydrogen-bond acceptors (Lipinski definition) is 6. The molecule has 1 saturated carbocycles. The molecule has 0 radical (unpaired) electrons. The summed E-state index contributed by atoms with van der Waals surface area (Å²) in [5, 5.41) is 9.83. The smallest absolute Gasteiger partial charge is 0.247 e. The highest BCUT2D eigenvalue weighted by Crippen LogP contribution is 2.37. The first-order valence-electron chi connectivity index (χ1n) is 12.5. The van der Waals surface area contributed by atoms with E-state index in [-0.39, 0.29) is 41.5 Å². The maximum Gasteiger partial charge on any atom is 0.247 e. The van der Waals surface area contributed by atoms with Crippen LogP contribution >= 0.6 is 0 Å². The number of rotatable bonds is 7. The van der Waals surface area contributed by atoms with E-state index in [1.807, 2.05) is 31.2 Å². The average Bonchev–Trinajstić information content (AvgIpc) is 2.84. The van der Waals surface area contributed by atoms with Crippen molar-refractivity contribution in [3.63, 3.8) is 0 Å². The number of likely N-dealkylation sites (N-methyl/N-ethyl adjacent to an activating group) is 1. The summed E-state index contributed by atoms with van der Waals surface area (Å²) in [6.07, 6.45) is 2.48. The van der Waals surface area contributed by atoms with Gasteiger partial charge in [-0.3, -0.25) is 4.79 Å². The molecular weight excluding hydrogens is 480 g/mol. The predicted molar refractivity (Wildman–Crippen MR) is 137 cm³/mol. The molecule has 2 aliphatic rings. The summed E-state index contributed by atoms with van der Waals surface area (Å²) < 4.78 is 40.5. The number of aliphatic hydroxyl groups is 1. The molecule has 0 aromatic heterocycles. The van der Waals surface area contributed by atoms with Crippen LogP contribution in [0.2, 0.25) is 0 Å². The Bertz CT molecular complexity index is 1200. The van der Waals surface area contributed by atoms with Crippen LogP contribution in [0.25, 0.3) is 11.1 Å². The van der Waals surface area contributed by atoms with E-state index in [4.69, 9.17) is 9.47 Å². The number of benzene rings is 2. The Morgan fingerprint density at radius 3 is 2.58 bits per heavy atom. The van der Waals surface area contributed by atoms with Crippen LogP contribution in [0.4, 0.5) is 0 Å². The quantitative estimate of drug-likeness (QED) is 0.606. The molecule has 8 nitrogen and oxygen atoms in total. The first-order chi connectivity index (χ1) is 17.1. The summed E-state index contributed by atoms with van der Waals surface area (Å²) in [6, 6.07) is 12.0. The molecule has 1 aliphatic heterocycles. The first kappa shape index (κ1) is 26.4. The number of ether oxygens (including phenoxy) is 2. The summed E-state index contributed by atoms with van der Waals surface area (Å²) in [7, 11) is -0.550. The minimum absolute atomic E-state index is 0.0549. The maximum absolute atomic E-state index is 13.7. The SMILES string of the molecule is COc1cccc(-c2ccc3c(c2)O[C@@H](CN(C)C(=O)C2CCC2)[C@@H](C)CN([C@@H](C)CO)S3(=O)=O)c1. The zero-order valence-corrected chi connectivity index (χ0v) is 22.2. The van der Waals surface area contributed by atoms with Crippen LogP contribution < -0.4 is 9.47 Å². The molecule has 0 saturated heterocycles. The molecule has 2 aromatic rings. The van der Waals surface area contributed by atoms with Crippen LogP contribution in [0.5, 0.6) is 11.5 Å². The molecule has 196 valence electrons. The lowest BCUT2D eigenvalue weighted by Crippen LogP contribution is -2.50. The van der Waals surface area contributed by atoms with Gasteiger partial charge in [0.1, 0.15) is 22.5 Å². The Labute approximate surface area is 213 Å². The number of nitrogens with zero attached hydrogens (tertiary/aromatic N) is 2. The van der Waals surface area contributed by atoms with Gasteiger partial charge in [-0.25, -0.2) is 8.42 Å². The highest BCUT2D eigenvalue weighted by Gasteiger charge is 2.39. The van der Waals surface area contributed by atoms with Gasteiger partial charge in [0.2, 0.25) is 15.9 Å². The molecule has 1 fully saturated rings. The molecule has 1 aliphatic carbocycles. The normalized spacial score (nSPS) is 22.8. The van der Waals surface area contributed by atoms with Crippen LogP contribution in [0.1, 0.15) is 33.1 Å². The van der Waals surface area contributed by atoms with Crippen molar-refractivity contribution in [2.45, 2.75) is 50.2 Å². The fourth-order valence-corrected chi connectivity index (χ4v) is 6.58. The monoisotopic (exact) mass is 516 g/mol. The molecule has 0 bridgehead atoms. The zero-order valence-electron chi connectivity index (χ0n) is 21.4. The van der Waals surface area contributed by atoms with Crippen molar-refractivity contribution in [2.24, 2.45) is 11.8 Å². The summed E-state index contributed by atoms with van der Waals surface area (Å²) in [5.74, 6) is 0.888. The first-order valence-corrected chi connectivity index (χ1v) is 13.9. The van der Waals surface area contributed by atoms with E-state index in [0.29, 0.717) is 12.3 Å². The van der Waals surface area contributed by atoms with E-state index in [1.54, 1.807) is 44.2 Å². The predicted octanol–water partition coefficient (Wildman–Crippen LogP) is 3.39. The third kappa shape index (κ3) is 5.23. The molecule has 4 rings (SSSR count).